The van der Waals surface area contributed by atoms with Gasteiger partial charge in [-0.05, 0) is 93.3 Å². The first kappa shape index (κ1) is 25.8. The molecule has 1 fully saturated rings. The van der Waals surface area contributed by atoms with Crippen molar-refractivity contribution < 1.29 is 19.4 Å². The standard InChI is InChI=1S/C27H35N5O4/c1-18-5-6-21(36-12-4-10-27(2,3)34)17-22(18)20-7-11-28-23(16-20)30-26(33)25-29-24(31-32-25)15-19-8-13-35-14-9-19/h5-7,11,16-17,19,34H,4,8-10,12-15H2,1-3H3,(H,28,30,33)(H,29,31,32). The van der Waals surface area contributed by atoms with Gasteiger partial charge < -0.3 is 24.9 Å². The molecule has 0 unspecified atom stereocenters. The lowest BCUT2D eigenvalue weighted by molar-refractivity contribution is 0.0641. The number of anilines is 1. The van der Waals surface area contributed by atoms with E-state index in [0.29, 0.717) is 30.6 Å². The van der Waals surface area contributed by atoms with Crippen LogP contribution in [0.5, 0.6) is 5.75 Å². The zero-order chi connectivity index (χ0) is 25.5. The molecule has 1 amide bonds. The van der Waals surface area contributed by atoms with Crippen LogP contribution in [0.25, 0.3) is 11.1 Å². The number of carbonyl (C=O) groups is 1. The second-order valence-corrected chi connectivity index (χ2v) is 10.0. The summed E-state index contributed by atoms with van der Waals surface area (Å²) in [4.78, 5) is 20.1. The predicted molar refractivity (Wildman–Crippen MR) is 137 cm³/mol. The summed E-state index contributed by atoms with van der Waals surface area (Å²) in [5.74, 6) is 2.17. The summed E-state index contributed by atoms with van der Waals surface area (Å²) < 4.78 is 11.3. The fourth-order valence-corrected chi connectivity index (χ4v) is 4.25. The molecule has 9 heteroatoms. The van der Waals surface area contributed by atoms with Crippen molar-refractivity contribution in [3.63, 3.8) is 0 Å². The maximum Gasteiger partial charge on any atom is 0.294 e. The van der Waals surface area contributed by atoms with Gasteiger partial charge in [0.15, 0.2) is 0 Å². The monoisotopic (exact) mass is 493 g/mol. The van der Waals surface area contributed by atoms with Crippen molar-refractivity contribution in [1.82, 2.24) is 20.2 Å². The number of hydrogen-bond acceptors (Lipinski definition) is 7. The van der Waals surface area contributed by atoms with Crippen LogP contribution in [0.15, 0.2) is 36.5 Å². The van der Waals surface area contributed by atoms with E-state index in [-0.39, 0.29) is 11.7 Å². The van der Waals surface area contributed by atoms with Crippen LogP contribution in [-0.2, 0) is 11.2 Å². The van der Waals surface area contributed by atoms with Crippen LogP contribution < -0.4 is 10.1 Å². The number of amides is 1. The number of nitrogens with one attached hydrogen (secondary N) is 2. The van der Waals surface area contributed by atoms with Gasteiger partial charge in [-0.3, -0.25) is 4.79 Å². The van der Waals surface area contributed by atoms with E-state index in [2.05, 4.69) is 25.5 Å². The largest absolute Gasteiger partial charge is 0.494 e. The average molecular weight is 494 g/mol. The van der Waals surface area contributed by atoms with Gasteiger partial charge in [-0.25, -0.2) is 4.98 Å². The molecule has 0 saturated carbocycles. The number of hydrogen-bond donors (Lipinski definition) is 3. The fraction of sp³-hybridized carbons (Fsp3) is 0.481. The molecular weight excluding hydrogens is 458 g/mol. The Morgan fingerprint density at radius 1 is 1.22 bits per heavy atom. The van der Waals surface area contributed by atoms with Gasteiger partial charge in [0, 0.05) is 25.8 Å². The van der Waals surface area contributed by atoms with Gasteiger partial charge in [0.1, 0.15) is 17.4 Å². The molecule has 0 atom stereocenters. The van der Waals surface area contributed by atoms with E-state index < -0.39 is 5.60 Å². The molecule has 1 aliphatic heterocycles. The Morgan fingerprint density at radius 3 is 2.81 bits per heavy atom. The van der Waals surface area contributed by atoms with Crippen LogP contribution in [0, 0.1) is 12.8 Å². The molecule has 0 bridgehead atoms. The van der Waals surface area contributed by atoms with E-state index in [1.165, 1.54) is 0 Å². The Morgan fingerprint density at radius 2 is 2.03 bits per heavy atom. The number of aryl methyl sites for hydroxylation is 1. The van der Waals surface area contributed by atoms with Crippen LogP contribution in [0.1, 0.15) is 61.5 Å². The first-order valence-corrected chi connectivity index (χ1v) is 12.5. The Balaban J connectivity index is 1.39. The Bertz CT molecular complexity index is 1160. The first-order chi connectivity index (χ1) is 17.3. The van der Waals surface area contributed by atoms with Gasteiger partial charge in [-0.15, -0.1) is 10.2 Å². The molecule has 4 rings (SSSR count). The number of aromatic nitrogens is 4. The number of ether oxygens (including phenoxy) is 2. The van der Waals surface area contributed by atoms with Crippen LogP contribution in [0.4, 0.5) is 5.82 Å². The SMILES string of the molecule is Cc1ccc(OCCCC(C)(C)O)cc1-c1ccnc(NC(=O)c2nnc(CC3CCOCC3)[nH]2)c1. The molecular formula is C27H35N5O4. The minimum atomic E-state index is -0.697. The van der Waals surface area contributed by atoms with Crippen LogP contribution in [0.2, 0.25) is 0 Å². The van der Waals surface area contributed by atoms with Crippen molar-refractivity contribution >= 4 is 11.7 Å². The molecule has 3 aromatic rings. The molecule has 1 aliphatic rings. The fourth-order valence-electron chi connectivity index (χ4n) is 4.25. The molecule has 0 radical (unpaired) electrons. The maximum absolute atomic E-state index is 12.8. The summed E-state index contributed by atoms with van der Waals surface area (Å²) in [5.41, 5.74) is 2.29. The predicted octanol–water partition coefficient (Wildman–Crippen LogP) is 4.33. The Kier molecular flexibility index (Phi) is 8.32. The van der Waals surface area contributed by atoms with E-state index in [1.807, 2.05) is 37.3 Å². The van der Waals surface area contributed by atoms with Gasteiger partial charge in [0.05, 0.1) is 12.2 Å². The highest BCUT2D eigenvalue weighted by Gasteiger charge is 2.19. The van der Waals surface area contributed by atoms with Gasteiger partial charge in [-0.2, -0.15) is 0 Å². The number of H-pyrrole nitrogens is 1. The molecule has 3 heterocycles. The quantitative estimate of drug-likeness (QED) is 0.359. The molecule has 36 heavy (non-hydrogen) atoms. The minimum absolute atomic E-state index is 0.168. The van der Waals surface area contributed by atoms with E-state index in [4.69, 9.17) is 9.47 Å². The molecule has 9 nitrogen and oxygen atoms in total. The Labute approximate surface area is 211 Å². The number of aromatic amines is 1. The lowest BCUT2D eigenvalue weighted by atomic mass is 9.96. The van der Waals surface area contributed by atoms with Crippen molar-refractivity contribution in [3.05, 3.63) is 53.7 Å². The summed E-state index contributed by atoms with van der Waals surface area (Å²) in [6.45, 7) is 7.69. The van der Waals surface area contributed by atoms with Gasteiger partial charge in [-0.1, -0.05) is 6.07 Å². The van der Waals surface area contributed by atoms with Crippen molar-refractivity contribution in [2.45, 2.75) is 58.5 Å². The summed E-state index contributed by atoms with van der Waals surface area (Å²) in [5, 5.41) is 20.9. The summed E-state index contributed by atoms with van der Waals surface area (Å²) in [7, 11) is 0. The highest BCUT2D eigenvalue weighted by atomic mass is 16.5. The maximum atomic E-state index is 12.8. The third-order valence-electron chi connectivity index (χ3n) is 6.29. The molecule has 1 aromatic carbocycles. The van der Waals surface area contributed by atoms with Gasteiger partial charge in [0.25, 0.3) is 5.91 Å². The van der Waals surface area contributed by atoms with Crippen LogP contribution >= 0.6 is 0 Å². The second kappa shape index (κ2) is 11.6. The lowest BCUT2D eigenvalue weighted by Gasteiger charge is -2.20. The lowest BCUT2D eigenvalue weighted by Crippen LogP contribution is -2.19. The number of benzene rings is 1. The first-order valence-electron chi connectivity index (χ1n) is 12.5. The molecule has 192 valence electrons. The van der Waals surface area contributed by atoms with Crippen molar-refractivity contribution in [1.29, 1.82) is 0 Å². The third kappa shape index (κ3) is 7.35. The van der Waals surface area contributed by atoms with Crippen molar-refractivity contribution in [3.8, 4) is 16.9 Å². The third-order valence-corrected chi connectivity index (χ3v) is 6.29. The molecule has 2 aromatic heterocycles. The highest BCUT2D eigenvalue weighted by molar-refractivity contribution is 6.01. The highest BCUT2D eigenvalue weighted by Crippen LogP contribution is 2.29. The molecule has 0 aliphatic carbocycles. The van der Waals surface area contributed by atoms with Gasteiger partial charge in [0.2, 0.25) is 5.82 Å². The normalized spacial score (nSPS) is 14.6. The van der Waals surface area contributed by atoms with E-state index >= 15 is 0 Å². The Hall–Kier alpha value is -3.30. The number of aliphatic hydroxyl groups is 1. The molecule has 0 spiro atoms. The van der Waals surface area contributed by atoms with E-state index in [1.54, 1.807) is 20.0 Å². The van der Waals surface area contributed by atoms with E-state index in [0.717, 1.165) is 61.3 Å². The van der Waals surface area contributed by atoms with Crippen LogP contribution in [0.3, 0.4) is 0 Å². The van der Waals surface area contributed by atoms with Crippen LogP contribution in [-0.4, -0.2) is 56.6 Å². The summed E-state index contributed by atoms with van der Waals surface area (Å²) >= 11 is 0. The summed E-state index contributed by atoms with van der Waals surface area (Å²) in [6, 6.07) is 9.66. The van der Waals surface area contributed by atoms with E-state index in [9.17, 15) is 9.90 Å². The molecule has 1 saturated heterocycles. The number of carbonyl (C=O) groups excluding carboxylic acids is 1. The minimum Gasteiger partial charge on any atom is -0.494 e. The zero-order valence-corrected chi connectivity index (χ0v) is 21.2. The second-order valence-electron chi connectivity index (χ2n) is 10.0. The molecule has 3 N–H and O–H groups in total. The smallest absolute Gasteiger partial charge is 0.294 e. The zero-order valence-electron chi connectivity index (χ0n) is 21.2. The summed E-state index contributed by atoms with van der Waals surface area (Å²) in [6.07, 6.45) is 5.83. The number of rotatable bonds is 10. The topological polar surface area (TPSA) is 122 Å². The van der Waals surface area contributed by atoms with Gasteiger partial charge >= 0.3 is 0 Å². The average Bonchev–Trinajstić information content (AvgIpc) is 3.32. The van der Waals surface area contributed by atoms with Crippen molar-refractivity contribution in [2.24, 2.45) is 5.92 Å². The number of pyridine rings is 1. The van der Waals surface area contributed by atoms with Crippen molar-refractivity contribution in [2.75, 3.05) is 25.1 Å². The number of nitrogens with zero attached hydrogens (tertiary/aromatic N) is 3.